The zero-order valence-corrected chi connectivity index (χ0v) is 10.9. The molecule has 4 rings (SSSR count). The SMILES string of the molecule is Fc1cccc2c1ccn2CC1Cc2ccccc2O1. The molecule has 0 bridgehead atoms. The Bertz CT molecular complexity index is 753. The molecule has 20 heavy (non-hydrogen) atoms. The van der Waals surface area contributed by atoms with Crippen molar-refractivity contribution in [2.45, 2.75) is 19.1 Å². The van der Waals surface area contributed by atoms with Gasteiger partial charge >= 0.3 is 0 Å². The van der Waals surface area contributed by atoms with Crippen LogP contribution in [-0.2, 0) is 13.0 Å². The molecule has 1 aromatic heterocycles. The number of halogens is 1. The molecule has 0 radical (unpaired) electrons. The van der Waals surface area contributed by atoms with Gasteiger partial charge in [0.25, 0.3) is 0 Å². The summed E-state index contributed by atoms with van der Waals surface area (Å²) in [5.41, 5.74) is 2.17. The third-order valence-corrected chi connectivity index (χ3v) is 3.87. The summed E-state index contributed by atoms with van der Waals surface area (Å²) in [4.78, 5) is 0. The van der Waals surface area contributed by atoms with Crippen LogP contribution in [0, 0.1) is 5.82 Å². The van der Waals surface area contributed by atoms with E-state index < -0.39 is 0 Å². The summed E-state index contributed by atoms with van der Waals surface area (Å²) in [5, 5.41) is 0.669. The van der Waals surface area contributed by atoms with Crippen LogP contribution in [-0.4, -0.2) is 10.7 Å². The van der Waals surface area contributed by atoms with Gasteiger partial charge in [0.15, 0.2) is 0 Å². The van der Waals surface area contributed by atoms with E-state index in [0.717, 1.165) is 24.2 Å². The summed E-state index contributed by atoms with van der Waals surface area (Å²) >= 11 is 0. The lowest BCUT2D eigenvalue weighted by molar-refractivity contribution is 0.211. The summed E-state index contributed by atoms with van der Waals surface area (Å²) in [5.74, 6) is 0.803. The molecule has 0 N–H and O–H groups in total. The summed E-state index contributed by atoms with van der Waals surface area (Å²) in [6.07, 6.45) is 2.96. The molecule has 0 amide bonds. The number of hydrogen-bond acceptors (Lipinski definition) is 1. The highest BCUT2D eigenvalue weighted by Gasteiger charge is 2.23. The lowest BCUT2D eigenvalue weighted by atomic mass is 10.1. The first-order chi connectivity index (χ1) is 9.81. The van der Waals surface area contributed by atoms with E-state index in [1.54, 1.807) is 6.07 Å². The zero-order valence-electron chi connectivity index (χ0n) is 10.9. The molecule has 3 heteroatoms. The van der Waals surface area contributed by atoms with E-state index in [0.29, 0.717) is 5.39 Å². The smallest absolute Gasteiger partial charge is 0.132 e. The summed E-state index contributed by atoms with van der Waals surface area (Å²) in [7, 11) is 0. The Labute approximate surface area is 116 Å². The Kier molecular flexibility index (Phi) is 2.52. The molecule has 2 heterocycles. The second-order valence-corrected chi connectivity index (χ2v) is 5.19. The molecule has 0 aliphatic carbocycles. The summed E-state index contributed by atoms with van der Waals surface area (Å²) in [6, 6.07) is 15.1. The monoisotopic (exact) mass is 267 g/mol. The molecule has 0 fully saturated rings. The lowest BCUT2D eigenvalue weighted by Gasteiger charge is -2.12. The van der Waals surface area contributed by atoms with Gasteiger partial charge in [0.2, 0.25) is 0 Å². The van der Waals surface area contributed by atoms with Crippen LogP contribution in [0.4, 0.5) is 4.39 Å². The average Bonchev–Trinajstić information content (AvgIpc) is 3.04. The fourth-order valence-corrected chi connectivity index (χ4v) is 2.92. The van der Waals surface area contributed by atoms with Crippen LogP contribution in [0.1, 0.15) is 5.56 Å². The van der Waals surface area contributed by atoms with Crippen molar-refractivity contribution in [3.63, 3.8) is 0 Å². The van der Waals surface area contributed by atoms with E-state index in [9.17, 15) is 4.39 Å². The van der Waals surface area contributed by atoms with Crippen molar-refractivity contribution >= 4 is 10.9 Å². The highest BCUT2D eigenvalue weighted by Crippen LogP contribution is 2.29. The second-order valence-electron chi connectivity index (χ2n) is 5.19. The minimum Gasteiger partial charge on any atom is -0.488 e. The Morgan fingerprint density at radius 1 is 1.10 bits per heavy atom. The van der Waals surface area contributed by atoms with Crippen molar-refractivity contribution in [3.8, 4) is 5.75 Å². The lowest BCUT2D eigenvalue weighted by Crippen LogP contribution is -2.20. The highest BCUT2D eigenvalue weighted by molar-refractivity contribution is 5.80. The Balaban J connectivity index is 1.62. The number of aromatic nitrogens is 1. The number of ether oxygens (including phenoxy) is 1. The van der Waals surface area contributed by atoms with Gasteiger partial charge in [-0.15, -0.1) is 0 Å². The maximum Gasteiger partial charge on any atom is 0.132 e. The maximum absolute atomic E-state index is 13.7. The molecule has 0 saturated heterocycles. The fraction of sp³-hybridized carbons (Fsp3) is 0.176. The predicted octanol–water partition coefficient (Wildman–Crippen LogP) is 3.78. The molecular weight excluding hydrogens is 253 g/mol. The Morgan fingerprint density at radius 3 is 2.90 bits per heavy atom. The molecular formula is C17H14FNO. The third-order valence-electron chi connectivity index (χ3n) is 3.87. The molecule has 100 valence electrons. The summed E-state index contributed by atoms with van der Waals surface area (Å²) in [6.45, 7) is 0.738. The van der Waals surface area contributed by atoms with Crippen LogP contribution >= 0.6 is 0 Å². The summed E-state index contributed by atoms with van der Waals surface area (Å²) < 4.78 is 21.7. The quantitative estimate of drug-likeness (QED) is 0.689. The van der Waals surface area contributed by atoms with Crippen molar-refractivity contribution in [2.24, 2.45) is 0 Å². The standard InChI is InChI=1S/C17H14FNO/c18-15-5-3-6-16-14(15)8-9-19(16)11-13-10-12-4-1-2-7-17(12)20-13/h1-9,13H,10-11H2. The van der Waals surface area contributed by atoms with Crippen molar-refractivity contribution in [1.29, 1.82) is 0 Å². The molecule has 1 atom stereocenters. The van der Waals surface area contributed by atoms with Crippen LogP contribution in [0.15, 0.2) is 54.7 Å². The van der Waals surface area contributed by atoms with Gasteiger partial charge < -0.3 is 9.30 Å². The number of para-hydroxylation sites is 1. The highest BCUT2D eigenvalue weighted by atomic mass is 19.1. The molecule has 1 aliphatic heterocycles. The van der Waals surface area contributed by atoms with Crippen molar-refractivity contribution in [1.82, 2.24) is 4.57 Å². The Morgan fingerprint density at radius 2 is 2.00 bits per heavy atom. The van der Waals surface area contributed by atoms with Gasteiger partial charge in [0.1, 0.15) is 17.7 Å². The van der Waals surface area contributed by atoms with E-state index in [4.69, 9.17) is 4.74 Å². The second kappa shape index (κ2) is 4.37. The fourth-order valence-electron chi connectivity index (χ4n) is 2.92. The molecule has 0 saturated carbocycles. The van der Waals surface area contributed by atoms with E-state index in [-0.39, 0.29) is 11.9 Å². The van der Waals surface area contributed by atoms with Crippen LogP contribution in [0.5, 0.6) is 5.75 Å². The van der Waals surface area contributed by atoms with Crippen molar-refractivity contribution in [3.05, 3.63) is 66.1 Å². The number of fused-ring (bicyclic) bond motifs is 2. The van der Waals surface area contributed by atoms with Gasteiger partial charge in [-0.2, -0.15) is 0 Å². The topological polar surface area (TPSA) is 14.2 Å². The molecule has 1 aliphatic rings. The normalized spacial score (nSPS) is 17.1. The van der Waals surface area contributed by atoms with Gasteiger partial charge in [-0.25, -0.2) is 4.39 Å². The van der Waals surface area contributed by atoms with Crippen molar-refractivity contribution in [2.75, 3.05) is 0 Å². The van der Waals surface area contributed by atoms with Gasteiger partial charge in [0, 0.05) is 18.0 Å². The molecule has 2 nitrogen and oxygen atoms in total. The first-order valence-electron chi connectivity index (χ1n) is 6.79. The van der Waals surface area contributed by atoms with Gasteiger partial charge in [-0.3, -0.25) is 0 Å². The molecule has 3 aromatic rings. The maximum atomic E-state index is 13.7. The minimum absolute atomic E-state index is 0.117. The van der Waals surface area contributed by atoms with Crippen LogP contribution < -0.4 is 4.74 Å². The molecule has 0 spiro atoms. The van der Waals surface area contributed by atoms with Crippen LogP contribution in [0.25, 0.3) is 10.9 Å². The Hall–Kier alpha value is -2.29. The van der Waals surface area contributed by atoms with E-state index >= 15 is 0 Å². The predicted molar refractivity (Wildman–Crippen MR) is 76.5 cm³/mol. The first-order valence-corrected chi connectivity index (χ1v) is 6.79. The van der Waals surface area contributed by atoms with E-state index in [1.165, 1.54) is 11.6 Å². The number of rotatable bonds is 2. The van der Waals surface area contributed by atoms with Crippen molar-refractivity contribution < 1.29 is 9.13 Å². The first kappa shape index (κ1) is 11.5. The number of hydrogen-bond donors (Lipinski definition) is 0. The number of benzene rings is 2. The van der Waals surface area contributed by atoms with Crippen LogP contribution in [0.2, 0.25) is 0 Å². The van der Waals surface area contributed by atoms with E-state index in [2.05, 4.69) is 10.6 Å². The molecule has 2 aromatic carbocycles. The zero-order chi connectivity index (χ0) is 13.5. The average molecular weight is 267 g/mol. The molecule has 1 unspecified atom stereocenters. The minimum atomic E-state index is -0.170. The largest absolute Gasteiger partial charge is 0.488 e. The van der Waals surface area contributed by atoms with Gasteiger partial charge in [-0.05, 0) is 29.8 Å². The number of nitrogens with zero attached hydrogens (tertiary/aromatic N) is 1. The van der Waals surface area contributed by atoms with E-state index in [1.807, 2.05) is 36.5 Å². The third kappa shape index (κ3) is 1.78. The van der Waals surface area contributed by atoms with Gasteiger partial charge in [-0.1, -0.05) is 24.3 Å². The van der Waals surface area contributed by atoms with Gasteiger partial charge in [0.05, 0.1) is 12.1 Å². The van der Waals surface area contributed by atoms with Crippen LogP contribution in [0.3, 0.4) is 0 Å².